The summed E-state index contributed by atoms with van der Waals surface area (Å²) in [6, 6.07) is 21.7. The van der Waals surface area contributed by atoms with Crippen molar-refractivity contribution < 1.29 is 18.9 Å². The minimum atomic E-state index is -1.12. The molecule has 0 saturated carbocycles. The standard InChI is InChI=1S/C27H26N4O4S/c1-17-9-5-13-21(28-17)32-26(33-22-14-6-10-18(2)29-22)25(36)27(34-23-15-7-11-19(3)30-23)35-24-16-8-12-20(4)31-24/h5-16,26-27H,1-4H3. The molecule has 36 heavy (non-hydrogen) atoms. The second kappa shape index (κ2) is 11.5. The summed E-state index contributed by atoms with van der Waals surface area (Å²) in [5.41, 5.74) is 3.12. The third-order valence-corrected chi connectivity index (χ3v) is 5.21. The maximum atomic E-state index is 6.09. The number of aryl methyl sites for hydroxylation is 4. The van der Waals surface area contributed by atoms with Gasteiger partial charge in [-0.05, 0) is 52.0 Å². The number of hydrogen-bond donors (Lipinski definition) is 0. The van der Waals surface area contributed by atoms with Crippen LogP contribution in [0.4, 0.5) is 0 Å². The number of pyridine rings is 4. The number of thiocarbonyl (C=S) groups is 1. The normalized spacial score (nSPS) is 10.8. The van der Waals surface area contributed by atoms with Crippen molar-refractivity contribution in [3.63, 3.8) is 0 Å². The Balaban J connectivity index is 1.68. The van der Waals surface area contributed by atoms with Crippen LogP contribution >= 0.6 is 12.2 Å². The van der Waals surface area contributed by atoms with Gasteiger partial charge in [-0.1, -0.05) is 36.5 Å². The Labute approximate surface area is 215 Å². The van der Waals surface area contributed by atoms with Gasteiger partial charge in [0.15, 0.2) is 4.86 Å². The fourth-order valence-corrected chi connectivity index (χ4v) is 3.36. The van der Waals surface area contributed by atoms with Crippen LogP contribution in [0.5, 0.6) is 23.5 Å². The Kier molecular flexibility index (Phi) is 8.02. The lowest BCUT2D eigenvalue weighted by Gasteiger charge is -2.26. The summed E-state index contributed by atoms with van der Waals surface area (Å²) in [6.07, 6.45) is -2.24. The van der Waals surface area contributed by atoms with Crippen molar-refractivity contribution in [2.24, 2.45) is 0 Å². The molecular formula is C27H26N4O4S. The quantitative estimate of drug-likeness (QED) is 0.216. The van der Waals surface area contributed by atoms with E-state index in [9.17, 15) is 0 Å². The first-order valence-corrected chi connectivity index (χ1v) is 11.7. The van der Waals surface area contributed by atoms with Gasteiger partial charge in [0.2, 0.25) is 23.5 Å². The molecule has 0 aromatic carbocycles. The lowest BCUT2D eigenvalue weighted by molar-refractivity contribution is 0.0141. The molecule has 4 heterocycles. The highest BCUT2D eigenvalue weighted by atomic mass is 32.1. The van der Waals surface area contributed by atoms with E-state index in [0.29, 0.717) is 23.5 Å². The molecule has 0 aliphatic heterocycles. The average molecular weight is 503 g/mol. The molecule has 0 spiro atoms. The second-order valence-corrected chi connectivity index (χ2v) is 8.48. The molecule has 0 amide bonds. The van der Waals surface area contributed by atoms with Gasteiger partial charge >= 0.3 is 0 Å². The molecule has 0 bridgehead atoms. The van der Waals surface area contributed by atoms with Crippen LogP contribution in [0.15, 0.2) is 72.8 Å². The van der Waals surface area contributed by atoms with Crippen LogP contribution in [0.3, 0.4) is 0 Å². The van der Waals surface area contributed by atoms with E-state index >= 15 is 0 Å². The fourth-order valence-electron chi connectivity index (χ4n) is 3.16. The van der Waals surface area contributed by atoms with Gasteiger partial charge in [0.25, 0.3) is 12.6 Å². The topological polar surface area (TPSA) is 88.5 Å². The SMILES string of the molecule is Cc1cccc(OC(Oc2cccc(C)n2)C(=S)C(Oc2cccc(C)n2)Oc2cccc(C)n2)n1. The molecule has 0 atom stereocenters. The van der Waals surface area contributed by atoms with Gasteiger partial charge in [-0.2, -0.15) is 0 Å². The predicted octanol–water partition coefficient (Wildman–Crippen LogP) is 5.14. The van der Waals surface area contributed by atoms with Gasteiger partial charge in [-0.15, -0.1) is 0 Å². The summed E-state index contributed by atoms with van der Waals surface area (Å²) in [4.78, 5) is 17.8. The van der Waals surface area contributed by atoms with Crippen molar-refractivity contribution in [2.75, 3.05) is 0 Å². The molecule has 0 N–H and O–H groups in total. The molecule has 0 aliphatic carbocycles. The van der Waals surface area contributed by atoms with E-state index in [1.165, 1.54) is 0 Å². The van der Waals surface area contributed by atoms with Crippen molar-refractivity contribution in [3.05, 3.63) is 95.6 Å². The van der Waals surface area contributed by atoms with Crippen molar-refractivity contribution >= 4 is 17.1 Å². The third-order valence-electron chi connectivity index (χ3n) is 4.83. The molecule has 0 saturated heterocycles. The molecule has 0 unspecified atom stereocenters. The van der Waals surface area contributed by atoms with Gasteiger partial charge in [0.05, 0.1) is 0 Å². The number of rotatable bonds is 10. The van der Waals surface area contributed by atoms with Crippen LogP contribution in [0.1, 0.15) is 22.8 Å². The van der Waals surface area contributed by atoms with Gasteiger partial charge in [-0.3, -0.25) is 0 Å². The molecule has 0 aliphatic rings. The van der Waals surface area contributed by atoms with Gasteiger partial charge in [-0.25, -0.2) is 19.9 Å². The maximum Gasteiger partial charge on any atom is 0.284 e. The molecule has 0 fully saturated rings. The van der Waals surface area contributed by atoms with E-state index in [4.69, 9.17) is 31.2 Å². The summed E-state index contributed by atoms with van der Waals surface area (Å²) in [5, 5.41) is 0. The summed E-state index contributed by atoms with van der Waals surface area (Å²) >= 11 is 5.81. The summed E-state index contributed by atoms with van der Waals surface area (Å²) < 4.78 is 24.4. The highest BCUT2D eigenvalue weighted by Crippen LogP contribution is 2.20. The number of aromatic nitrogens is 4. The van der Waals surface area contributed by atoms with E-state index in [1.807, 2.05) is 76.2 Å². The highest BCUT2D eigenvalue weighted by Gasteiger charge is 2.32. The molecule has 9 heteroatoms. The smallest absolute Gasteiger partial charge is 0.284 e. The number of hydrogen-bond acceptors (Lipinski definition) is 9. The number of ether oxygens (including phenoxy) is 4. The van der Waals surface area contributed by atoms with Gasteiger partial charge in [0, 0.05) is 47.0 Å². The van der Waals surface area contributed by atoms with E-state index in [2.05, 4.69) is 19.9 Å². The van der Waals surface area contributed by atoms with Crippen molar-refractivity contribution in [1.29, 1.82) is 0 Å². The van der Waals surface area contributed by atoms with Crippen molar-refractivity contribution in [1.82, 2.24) is 19.9 Å². The number of nitrogens with zero attached hydrogens (tertiary/aromatic N) is 4. The highest BCUT2D eigenvalue weighted by molar-refractivity contribution is 7.80. The van der Waals surface area contributed by atoms with Crippen molar-refractivity contribution in [3.8, 4) is 23.5 Å². The Morgan fingerprint density at radius 2 is 0.750 bits per heavy atom. The minimum Gasteiger partial charge on any atom is -0.432 e. The Hall–Kier alpha value is -4.11. The molecule has 4 aromatic rings. The lowest BCUT2D eigenvalue weighted by Crippen LogP contribution is -2.45. The zero-order chi connectivity index (χ0) is 25.5. The van der Waals surface area contributed by atoms with Crippen LogP contribution < -0.4 is 18.9 Å². The van der Waals surface area contributed by atoms with E-state index in [0.717, 1.165) is 22.8 Å². The largest absolute Gasteiger partial charge is 0.432 e. The second-order valence-electron chi connectivity index (χ2n) is 8.01. The zero-order valence-corrected chi connectivity index (χ0v) is 21.2. The van der Waals surface area contributed by atoms with E-state index in [-0.39, 0.29) is 4.86 Å². The maximum absolute atomic E-state index is 6.09. The van der Waals surface area contributed by atoms with Crippen molar-refractivity contribution in [2.45, 2.75) is 40.3 Å². The molecule has 8 nitrogen and oxygen atoms in total. The molecule has 4 rings (SSSR count). The Morgan fingerprint density at radius 3 is 0.972 bits per heavy atom. The van der Waals surface area contributed by atoms with Crippen LogP contribution in [0, 0.1) is 27.7 Å². The van der Waals surface area contributed by atoms with Gasteiger partial charge < -0.3 is 18.9 Å². The molecular weight excluding hydrogens is 476 g/mol. The summed E-state index contributed by atoms with van der Waals surface area (Å²) in [5.74, 6) is 1.32. The minimum absolute atomic E-state index is 0.160. The van der Waals surface area contributed by atoms with Crippen LogP contribution in [0.2, 0.25) is 0 Å². The van der Waals surface area contributed by atoms with E-state index < -0.39 is 12.6 Å². The average Bonchev–Trinajstić information content (AvgIpc) is 2.83. The zero-order valence-electron chi connectivity index (χ0n) is 20.4. The Morgan fingerprint density at radius 1 is 0.500 bits per heavy atom. The predicted molar refractivity (Wildman–Crippen MR) is 139 cm³/mol. The molecule has 184 valence electrons. The first kappa shape index (κ1) is 25.0. The summed E-state index contributed by atoms with van der Waals surface area (Å²) in [6.45, 7) is 7.46. The lowest BCUT2D eigenvalue weighted by atomic mass is 10.3. The third kappa shape index (κ3) is 6.96. The monoisotopic (exact) mass is 502 g/mol. The van der Waals surface area contributed by atoms with Crippen LogP contribution in [-0.4, -0.2) is 37.4 Å². The Bertz CT molecular complexity index is 1150. The van der Waals surface area contributed by atoms with Gasteiger partial charge in [0.1, 0.15) is 0 Å². The first-order chi connectivity index (χ1) is 17.4. The molecule has 0 radical (unpaired) electrons. The van der Waals surface area contributed by atoms with Crippen LogP contribution in [-0.2, 0) is 0 Å². The van der Waals surface area contributed by atoms with E-state index in [1.54, 1.807) is 24.3 Å². The molecule has 4 aromatic heterocycles. The first-order valence-electron chi connectivity index (χ1n) is 11.3. The fraction of sp³-hybridized carbons (Fsp3) is 0.222. The van der Waals surface area contributed by atoms with Crippen LogP contribution in [0.25, 0.3) is 0 Å². The summed E-state index contributed by atoms with van der Waals surface area (Å²) in [7, 11) is 0.